The Hall–Kier alpha value is -2.40. The summed E-state index contributed by atoms with van der Waals surface area (Å²) in [6.45, 7) is 3.57. The molecule has 2 fully saturated rings. The average Bonchev–Trinajstić information content (AvgIpc) is 2.89. The highest BCUT2D eigenvalue weighted by molar-refractivity contribution is 6.30. The van der Waals surface area contributed by atoms with Crippen LogP contribution in [0.4, 0.5) is 19.0 Å². The third-order valence-corrected chi connectivity index (χ3v) is 8.00. The zero-order valence-electron chi connectivity index (χ0n) is 21.2. The van der Waals surface area contributed by atoms with Gasteiger partial charge in [0.1, 0.15) is 5.82 Å². The number of aliphatic hydroxyl groups excluding tert-OH is 1. The van der Waals surface area contributed by atoms with Gasteiger partial charge in [0.2, 0.25) is 12.1 Å². The highest BCUT2D eigenvalue weighted by Crippen LogP contribution is 2.34. The molecule has 3 heterocycles. The highest BCUT2D eigenvalue weighted by Gasteiger charge is 2.39. The number of rotatable bonds is 8. The zero-order valence-corrected chi connectivity index (χ0v) is 22.0. The van der Waals surface area contributed by atoms with E-state index in [1.165, 1.54) is 0 Å². The highest BCUT2D eigenvalue weighted by atomic mass is 35.5. The van der Waals surface area contributed by atoms with E-state index in [-0.39, 0.29) is 30.2 Å². The number of piperidine rings is 2. The minimum atomic E-state index is -4.73. The van der Waals surface area contributed by atoms with Crippen molar-refractivity contribution in [2.45, 2.75) is 50.6 Å². The smallest absolute Gasteiger partial charge is 0.384 e. The Labute approximate surface area is 226 Å². The molecule has 2 aliphatic rings. The third-order valence-electron chi connectivity index (χ3n) is 7.75. The molecule has 4 N–H and O–H groups in total. The maximum atomic E-state index is 13.3. The standard InChI is InChI=1S/C27H35ClF3N5O2/c28-22-3-1-19(2-4-22)23(16-34-26(38)27(29,30)31)20-8-13-36(14-9-20)25(37)21-6-11-35(12-7-21)17-18-5-10-33-24(32)15-18/h1-5,10,15,20-21,23,26,34,38H,6-9,11-14,16-17H2,(H2,32,33). The van der Waals surface area contributed by atoms with Crippen LogP contribution < -0.4 is 11.1 Å². The quantitative estimate of drug-likeness (QED) is 0.428. The average molecular weight is 554 g/mol. The van der Waals surface area contributed by atoms with Gasteiger partial charge in [0.25, 0.3) is 0 Å². The second kappa shape index (κ2) is 12.6. The van der Waals surface area contributed by atoms with E-state index >= 15 is 0 Å². The molecule has 2 saturated heterocycles. The van der Waals surface area contributed by atoms with Gasteiger partial charge in [0, 0.05) is 43.3 Å². The van der Waals surface area contributed by atoms with Crippen LogP contribution in [0.1, 0.15) is 42.7 Å². The number of carbonyl (C=O) groups excluding carboxylic acids is 1. The molecule has 0 aliphatic carbocycles. The van der Waals surface area contributed by atoms with Gasteiger partial charge in [-0.05, 0) is 86.0 Å². The molecule has 7 nitrogen and oxygen atoms in total. The normalized spacial score (nSPS) is 19.9. The van der Waals surface area contributed by atoms with E-state index in [0.29, 0.717) is 36.8 Å². The first-order valence-corrected chi connectivity index (χ1v) is 13.4. The Kier molecular flexibility index (Phi) is 9.51. The summed E-state index contributed by atoms with van der Waals surface area (Å²) in [7, 11) is 0. The minimum absolute atomic E-state index is 0.0130. The van der Waals surface area contributed by atoms with E-state index in [9.17, 15) is 23.1 Å². The SMILES string of the molecule is Nc1cc(CN2CCC(C(=O)N3CCC(C(CNC(O)C(F)(F)F)c4ccc(Cl)cc4)CC3)CC2)ccn1. The molecule has 38 heavy (non-hydrogen) atoms. The number of hydrogen-bond acceptors (Lipinski definition) is 6. The predicted octanol–water partition coefficient (Wildman–Crippen LogP) is 4.02. The number of halogens is 4. The molecule has 208 valence electrons. The summed E-state index contributed by atoms with van der Waals surface area (Å²) in [4.78, 5) is 21.5. The van der Waals surface area contributed by atoms with E-state index in [1.54, 1.807) is 18.3 Å². The van der Waals surface area contributed by atoms with Crippen molar-refractivity contribution in [3.63, 3.8) is 0 Å². The summed E-state index contributed by atoms with van der Waals surface area (Å²) in [6, 6.07) is 10.9. The van der Waals surface area contributed by atoms with Gasteiger partial charge in [-0.1, -0.05) is 23.7 Å². The van der Waals surface area contributed by atoms with Crippen LogP contribution in [0.3, 0.4) is 0 Å². The largest absolute Gasteiger partial charge is 0.427 e. The van der Waals surface area contributed by atoms with Gasteiger partial charge in [-0.3, -0.25) is 15.0 Å². The molecule has 1 amide bonds. The van der Waals surface area contributed by atoms with Crippen LogP contribution in [0.15, 0.2) is 42.6 Å². The number of hydrogen-bond donors (Lipinski definition) is 3. The molecule has 2 aromatic rings. The number of anilines is 1. The first kappa shape index (κ1) is 28.6. The summed E-state index contributed by atoms with van der Waals surface area (Å²) >= 11 is 6.01. The molecule has 0 spiro atoms. The summed E-state index contributed by atoms with van der Waals surface area (Å²) in [6.07, 6.45) is -2.65. The first-order chi connectivity index (χ1) is 18.1. The monoisotopic (exact) mass is 553 g/mol. The fraction of sp³-hybridized carbons (Fsp3) is 0.556. The number of nitrogens with one attached hydrogen (secondary N) is 1. The van der Waals surface area contributed by atoms with Gasteiger partial charge in [-0.25, -0.2) is 4.98 Å². The number of alkyl halides is 3. The lowest BCUT2D eigenvalue weighted by Gasteiger charge is -2.39. The van der Waals surface area contributed by atoms with E-state index < -0.39 is 12.4 Å². The van der Waals surface area contributed by atoms with Crippen LogP contribution in [0.25, 0.3) is 0 Å². The van der Waals surface area contributed by atoms with E-state index in [4.69, 9.17) is 17.3 Å². The maximum absolute atomic E-state index is 13.3. The molecular formula is C27H35ClF3N5O2. The number of likely N-dealkylation sites (tertiary alicyclic amines) is 2. The fourth-order valence-electron chi connectivity index (χ4n) is 5.59. The Bertz CT molecular complexity index is 1060. The molecule has 4 rings (SSSR count). The topological polar surface area (TPSA) is 94.7 Å². The molecule has 11 heteroatoms. The molecule has 1 aromatic carbocycles. The number of nitrogens with zero attached hydrogens (tertiary/aromatic N) is 3. The van der Waals surface area contributed by atoms with E-state index in [0.717, 1.165) is 43.6 Å². The molecule has 0 bridgehead atoms. The molecule has 0 radical (unpaired) electrons. The van der Waals surface area contributed by atoms with Crippen molar-refractivity contribution in [1.29, 1.82) is 0 Å². The lowest BCUT2D eigenvalue weighted by molar-refractivity contribution is -0.213. The summed E-state index contributed by atoms with van der Waals surface area (Å²) in [5.41, 5.74) is 7.75. The Morgan fingerprint density at radius 3 is 2.37 bits per heavy atom. The van der Waals surface area contributed by atoms with Crippen molar-refractivity contribution in [3.05, 3.63) is 58.7 Å². The predicted molar refractivity (Wildman–Crippen MR) is 140 cm³/mol. The number of nitrogens with two attached hydrogens (primary N) is 1. The Morgan fingerprint density at radius 1 is 1.11 bits per heavy atom. The molecule has 0 saturated carbocycles. The van der Waals surface area contributed by atoms with Gasteiger partial charge < -0.3 is 15.7 Å². The maximum Gasteiger partial charge on any atom is 0.427 e. The number of aliphatic hydroxyl groups is 1. The van der Waals surface area contributed by atoms with E-state index in [2.05, 4.69) is 15.2 Å². The summed E-state index contributed by atoms with van der Waals surface area (Å²) in [5, 5.41) is 12.3. The van der Waals surface area contributed by atoms with Crippen LogP contribution in [0, 0.1) is 11.8 Å². The lowest BCUT2D eigenvalue weighted by atomic mass is 9.79. The molecule has 2 unspecified atom stereocenters. The van der Waals surface area contributed by atoms with Crippen LogP contribution >= 0.6 is 11.6 Å². The second-order valence-corrected chi connectivity index (χ2v) is 10.7. The molecular weight excluding hydrogens is 519 g/mol. The van der Waals surface area contributed by atoms with Crippen molar-refractivity contribution < 1.29 is 23.1 Å². The van der Waals surface area contributed by atoms with Crippen molar-refractivity contribution in [2.24, 2.45) is 11.8 Å². The van der Waals surface area contributed by atoms with Crippen molar-refractivity contribution in [1.82, 2.24) is 20.1 Å². The van der Waals surface area contributed by atoms with Crippen LogP contribution in [-0.2, 0) is 11.3 Å². The number of aromatic nitrogens is 1. The molecule has 1 aromatic heterocycles. The minimum Gasteiger partial charge on any atom is -0.384 e. The van der Waals surface area contributed by atoms with Gasteiger partial charge in [0.15, 0.2) is 0 Å². The Balaban J connectivity index is 1.30. The molecule has 2 aliphatic heterocycles. The van der Waals surface area contributed by atoms with Gasteiger partial charge in [-0.15, -0.1) is 0 Å². The van der Waals surface area contributed by atoms with Gasteiger partial charge >= 0.3 is 6.18 Å². The summed E-state index contributed by atoms with van der Waals surface area (Å²) in [5.74, 6) is 0.488. The second-order valence-electron chi connectivity index (χ2n) is 10.3. The summed E-state index contributed by atoms with van der Waals surface area (Å²) < 4.78 is 38.6. The number of amides is 1. The zero-order chi connectivity index (χ0) is 27.3. The van der Waals surface area contributed by atoms with Crippen molar-refractivity contribution in [3.8, 4) is 0 Å². The molecule has 2 atom stereocenters. The van der Waals surface area contributed by atoms with Gasteiger partial charge in [0.05, 0.1) is 0 Å². The Morgan fingerprint density at radius 2 is 1.76 bits per heavy atom. The number of pyridine rings is 1. The number of benzene rings is 1. The third kappa shape index (κ3) is 7.59. The first-order valence-electron chi connectivity index (χ1n) is 13.1. The lowest BCUT2D eigenvalue weighted by Crippen LogP contribution is -2.47. The number of carbonyl (C=O) groups is 1. The fourth-order valence-corrected chi connectivity index (χ4v) is 5.72. The van der Waals surface area contributed by atoms with E-state index in [1.807, 2.05) is 29.2 Å². The van der Waals surface area contributed by atoms with Crippen LogP contribution in [-0.4, -0.2) is 70.9 Å². The van der Waals surface area contributed by atoms with Crippen molar-refractivity contribution >= 4 is 23.3 Å². The van der Waals surface area contributed by atoms with Crippen molar-refractivity contribution in [2.75, 3.05) is 38.5 Å². The van der Waals surface area contributed by atoms with Gasteiger partial charge in [-0.2, -0.15) is 13.2 Å². The number of nitrogen functional groups attached to an aromatic ring is 1. The van der Waals surface area contributed by atoms with Crippen LogP contribution in [0.2, 0.25) is 5.02 Å². The van der Waals surface area contributed by atoms with Crippen LogP contribution in [0.5, 0.6) is 0 Å².